The molecule has 1 saturated heterocycles. The predicted octanol–water partition coefficient (Wildman–Crippen LogP) is 0.799. The minimum atomic E-state index is -0.153. The number of amides is 1. The van der Waals surface area contributed by atoms with Crippen LogP contribution in [0.4, 0.5) is 0 Å². The van der Waals surface area contributed by atoms with Crippen LogP contribution in [-0.4, -0.2) is 30.7 Å². The minimum absolute atomic E-state index is 0.135. The number of hydrogen-bond donors (Lipinski definition) is 2. The molecule has 0 aromatic carbocycles. The van der Waals surface area contributed by atoms with E-state index in [2.05, 4.69) is 5.32 Å². The molecular weight excluding hydrogens is 204 g/mol. The SMILES string of the molecule is CC1(NC(=O)C[C@@H]2CCC[C@H]2N)CCOC1. The van der Waals surface area contributed by atoms with Gasteiger partial charge in [0.05, 0.1) is 12.1 Å². The third kappa shape index (κ3) is 2.74. The van der Waals surface area contributed by atoms with Gasteiger partial charge in [-0.3, -0.25) is 4.79 Å². The maximum absolute atomic E-state index is 11.9. The summed E-state index contributed by atoms with van der Waals surface area (Å²) < 4.78 is 5.31. The summed E-state index contributed by atoms with van der Waals surface area (Å²) in [5.41, 5.74) is 5.81. The minimum Gasteiger partial charge on any atom is -0.379 e. The molecule has 3 atom stereocenters. The molecule has 2 rings (SSSR count). The van der Waals surface area contributed by atoms with Gasteiger partial charge in [0.2, 0.25) is 5.91 Å². The number of hydrogen-bond acceptors (Lipinski definition) is 3. The lowest BCUT2D eigenvalue weighted by Crippen LogP contribution is -2.47. The van der Waals surface area contributed by atoms with E-state index in [1.807, 2.05) is 6.92 Å². The summed E-state index contributed by atoms with van der Waals surface area (Å²) in [6, 6.07) is 0.221. The molecule has 4 heteroatoms. The van der Waals surface area contributed by atoms with Crippen molar-refractivity contribution in [2.45, 2.75) is 50.6 Å². The Morgan fingerprint density at radius 2 is 2.38 bits per heavy atom. The lowest BCUT2D eigenvalue weighted by molar-refractivity contribution is -0.123. The fraction of sp³-hybridized carbons (Fsp3) is 0.917. The van der Waals surface area contributed by atoms with E-state index < -0.39 is 0 Å². The van der Waals surface area contributed by atoms with Crippen molar-refractivity contribution in [3.05, 3.63) is 0 Å². The summed E-state index contributed by atoms with van der Waals surface area (Å²) in [6.45, 7) is 3.43. The van der Waals surface area contributed by atoms with E-state index in [0.717, 1.165) is 25.9 Å². The number of carbonyl (C=O) groups is 1. The Bertz CT molecular complexity index is 262. The Hall–Kier alpha value is -0.610. The standard InChI is InChI=1S/C12H22N2O2/c1-12(5-6-16-8-12)14-11(15)7-9-3-2-4-10(9)13/h9-10H,2-8,13H2,1H3,(H,14,15)/t9-,10+,12?/m0/s1. The highest BCUT2D eigenvalue weighted by atomic mass is 16.5. The topological polar surface area (TPSA) is 64.4 Å². The monoisotopic (exact) mass is 226 g/mol. The number of rotatable bonds is 3. The second-order valence-corrected chi connectivity index (χ2v) is 5.47. The summed E-state index contributed by atoms with van der Waals surface area (Å²) >= 11 is 0. The van der Waals surface area contributed by atoms with E-state index in [4.69, 9.17) is 10.5 Å². The first-order valence-corrected chi connectivity index (χ1v) is 6.23. The molecule has 1 aliphatic carbocycles. The second kappa shape index (κ2) is 4.72. The van der Waals surface area contributed by atoms with E-state index in [0.29, 0.717) is 18.9 Å². The van der Waals surface area contributed by atoms with Crippen LogP contribution >= 0.6 is 0 Å². The first-order chi connectivity index (χ1) is 7.59. The normalized spacial score (nSPS) is 38.9. The fourth-order valence-corrected chi connectivity index (χ4v) is 2.71. The third-order valence-corrected chi connectivity index (χ3v) is 3.83. The Balaban J connectivity index is 1.79. The summed E-state index contributed by atoms with van der Waals surface area (Å²) in [4.78, 5) is 11.9. The molecule has 1 amide bonds. The highest BCUT2D eigenvalue weighted by molar-refractivity contribution is 5.77. The van der Waals surface area contributed by atoms with Crippen LogP contribution in [0.2, 0.25) is 0 Å². The van der Waals surface area contributed by atoms with Crippen molar-refractivity contribution >= 4 is 5.91 Å². The summed E-state index contributed by atoms with van der Waals surface area (Å²) in [7, 11) is 0. The van der Waals surface area contributed by atoms with Crippen LogP contribution in [0.1, 0.15) is 39.0 Å². The molecule has 0 bridgehead atoms. The average molecular weight is 226 g/mol. The quantitative estimate of drug-likeness (QED) is 0.748. The van der Waals surface area contributed by atoms with Gasteiger partial charge < -0.3 is 15.8 Å². The summed E-state index contributed by atoms with van der Waals surface area (Å²) in [6.07, 6.45) is 4.83. The molecule has 1 aliphatic heterocycles. The Kier molecular flexibility index (Phi) is 3.50. The van der Waals surface area contributed by atoms with Crippen molar-refractivity contribution in [3.8, 4) is 0 Å². The van der Waals surface area contributed by atoms with Gasteiger partial charge in [0.25, 0.3) is 0 Å². The third-order valence-electron chi connectivity index (χ3n) is 3.83. The molecule has 16 heavy (non-hydrogen) atoms. The van der Waals surface area contributed by atoms with Crippen molar-refractivity contribution in [1.82, 2.24) is 5.32 Å². The van der Waals surface area contributed by atoms with Crippen LogP contribution in [0.3, 0.4) is 0 Å². The van der Waals surface area contributed by atoms with Gasteiger partial charge in [-0.25, -0.2) is 0 Å². The summed E-state index contributed by atoms with van der Waals surface area (Å²) in [5, 5.41) is 3.08. The largest absolute Gasteiger partial charge is 0.379 e. The van der Waals surface area contributed by atoms with Gasteiger partial charge in [-0.1, -0.05) is 6.42 Å². The van der Waals surface area contributed by atoms with E-state index in [1.54, 1.807) is 0 Å². The van der Waals surface area contributed by atoms with Crippen LogP contribution in [0.5, 0.6) is 0 Å². The van der Waals surface area contributed by atoms with Crippen LogP contribution in [0.15, 0.2) is 0 Å². The molecule has 4 nitrogen and oxygen atoms in total. The summed E-state index contributed by atoms with van der Waals surface area (Å²) in [5.74, 6) is 0.515. The number of ether oxygens (including phenoxy) is 1. The van der Waals surface area contributed by atoms with E-state index in [9.17, 15) is 4.79 Å². The van der Waals surface area contributed by atoms with E-state index in [-0.39, 0.29) is 17.5 Å². The van der Waals surface area contributed by atoms with Crippen molar-refractivity contribution in [2.75, 3.05) is 13.2 Å². The highest BCUT2D eigenvalue weighted by Gasteiger charge is 2.33. The molecular formula is C12H22N2O2. The number of nitrogens with one attached hydrogen (secondary N) is 1. The van der Waals surface area contributed by atoms with Gasteiger partial charge in [0.15, 0.2) is 0 Å². The lowest BCUT2D eigenvalue weighted by atomic mass is 9.97. The zero-order valence-electron chi connectivity index (χ0n) is 10.00. The predicted molar refractivity (Wildman–Crippen MR) is 61.9 cm³/mol. The maximum atomic E-state index is 11.9. The zero-order valence-corrected chi connectivity index (χ0v) is 10.00. The van der Waals surface area contributed by atoms with Gasteiger partial charge in [0, 0.05) is 19.1 Å². The molecule has 0 radical (unpaired) electrons. The second-order valence-electron chi connectivity index (χ2n) is 5.47. The first kappa shape index (κ1) is 11.9. The van der Waals surface area contributed by atoms with Gasteiger partial charge in [0.1, 0.15) is 0 Å². The highest BCUT2D eigenvalue weighted by Crippen LogP contribution is 2.27. The van der Waals surface area contributed by atoms with Crippen molar-refractivity contribution in [1.29, 1.82) is 0 Å². The molecule has 2 fully saturated rings. The first-order valence-electron chi connectivity index (χ1n) is 6.23. The molecule has 1 saturated carbocycles. The Labute approximate surface area is 96.9 Å². The Morgan fingerprint density at radius 3 is 2.94 bits per heavy atom. The number of carbonyl (C=O) groups excluding carboxylic acids is 1. The molecule has 0 aromatic heterocycles. The van der Waals surface area contributed by atoms with Crippen molar-refractivity contribution in [3.63, 3.8) is 0 Å². The number of nitrogens with two attached hydrogens (primary N) is 1. The smallest absolute Gasteiger partial charge is 0.220 e. The van der Waals surface area contributed by atoms with Crippen LogP contribution < -0.4 is 11.1 Å². The van der Waals surface area contributed by atoms with Gasteiger partial charge in [-0.15, -0.1) is 0 Å². The molecule has 92 valence electrons. The van der Waals surface area contributed by atoms with Crippen molar-refractivity contribution in [2.24, 2.45) is 11.7 Å². The fourth-order valence-electron chi connectivity index (χ4n) is 2.71. The van der Waals surface area contributed by atoms with E-state index in [1.165, 1.54) is 6.42 Å². The van der Waals surface area contributed by atoms with Gasteiger partial charge >= 0.3 is 0 Å². The van der Waals surface area contributed by atoms with E-state index >= 15 is 0 Å². The van der Waals surface area contributed by atoms with Crippen LogP contribution in [0, 0.1) is 5.92 Å². The lowest BCUT2D eigenvalue weighted by Gasteiger charge is -2.25. The van der Waals surface area contributed by atoms with Gasteiger partial charge in [-0.2, -0.15) is 0 Å². The van der Waals surface area contributed by atoms with Gasteiger partial charge in [-0.05, 0) is 32.1 Å². The molecule has 0 aromatic rings. The van der Waals surface area contributed by atoms with Crippen LogP contribution in [-0.2, 0) is 9.53 Å². The average Bonchev–Trinajstić information content (AvgIpc) is 2.77. The molecule has 3 N–H and O–H groups in total. The Morgan fingerprint density at radius 1 is 1.56 bits per heavy atom. The van der Waals surface area contributed by atoms with Crippen LogP contribution in [0.25, 0.3) is 0 Å². The molecule has 2 aliphatic rings. The molecule has 1 heterocycles. The maximum Gasteiger partial charge on any atom is 0.220 e. The zero-order chi connectivity index (χ0) is 11.6. The molecule has 0 spiro atoms. The molecule has 1 unspecified atom stereocenters. The van der Waals surface area contributed by atoms with Crippen molar-refractivity contribution < 1.29 is 9.53 Å².